The highest BCUT2D eigenvalue weighted by molar-refractivity contribution is 14.1. The summed E-state index contributed by atoms with van der Waals surface area (Å²) in [6.45, 7) is 1.90. The lowest BCUT2D eigenvalue weighted by Crippen LogP contribution is -2.31. The monoisotopic (exact) mass is 397 g/mol. The van der Waals surface area contributed by atoms with E-state index in [0.717, 1.165) is 29.5 Å². The fraction of sp³-hybridized carbons (Fsp3) is 0.357. The number of hydrogen-bond acceptors (Lipinski definition) is 6. The summed E-state index contributed by atoms with van der Waals surface area (Å²) in [4.78, 5) is 14.8. The van der Waals surface area contributed by atoms with E-state index in [9.17, 15) is 0 Å². The third-order valence-electron chi connectivity index (χ3n) is 3.28. The molecular formula is C14H16IN5O. The van der Waals surface area contributed by atoms with E-state index in [-0.39, 0.29) is 12.0 Å². The highest BCUT2D eigenvalue weighted by Crippen LogP contribution is 2.22. The number of nitrogens with two attached hydrogens (primary N) is 1. The molecule has 0 unspecified atom stereocenters. The third-order valence-corrected chi connectivity index (χ3v) is 4.00. The van der Waals surface area contributed by atoms with Gasteiger partial charge in [0.1, 0.15) is 5.75 Å². The molecule has 0 radical (unpaired) electrons. The summed E-state index contributed by atoms with van der Waals surface area (Å²) in [6.07, 6.45) is 3.56. The lowest BCUT2D eigenvalue weighted by molar-refractivity contribution is 0.438. The van der Waals surface area contributed by atoms with Crippen LogP contribution in [0.4, 0.5) is 11.9 Å². The van der Waals surface area contributed by atoms with Crippen molar-refractivity contribution in [3.63, 3.8) is 0 Å². The number of aromatic nitrogens is 3. The number of hydrogen-bond donors (Lipinski definition) is 1. The number of nitrogens with zero attached hydrogens (tertiary/aromatic N) is 4. The van der Waals surface area contributed by atoms with Crippen LogP contribution in [0.15, 0.2) is 24.3 Å². The zero-order valence-corrected chi connectivity index (χ0v) is 13.7. The zero-order chi connectivity index (χ0) is 14.7. The minimum atomic E-state index is 0.186. The van der Waals surface area contributed by atoms with E-state index in [0.29, 0.717) is 11.7 Å². The Balaban J connectivity index is 1.81. The van der Waals surface area contributed by atoms with Crippen molar-refractivity contribution >= 4 is 34.5 Å². The van der Waals surface area contributed by atoms with Gasteiger partial charge < -0.3 is 15.4 Å². The van der Waals surface area contributed by atoms with E-state index < -0.39 is 0 Å². The first-order valence-electron chi connectivity index (χ1n) is 6.90. The first-order valence-corrected chi connectivity index (χ1v) is 7.98. The van der Waals surface area contributed by atoms with Gasteiger partial charge in [-0.2, -0.15) is 15.0 Å². The molecule has 110 valence electrons. The topological polar surface area (TPSA) is 77.2 Å². The van der Waals surface area contributed by atoms with Gasteiger partial charge in [-0.25, -0.2) is 0 Å². The number of piperidine rings is 1. The minimum Gasteiger partial charge on any atom is -0.424 e. The van der Waals surface area contributed by atoms with Gasteiger partial charge in [-0.15, -0.1) is 0 Å². The molecule has 2 aromatic rings. The van der Waals surface area contributed by atoms with Gasteiger partial charge in [-0.05, 0) is 66.1 Å². The van der Waals surface area contributed by atoms with E-state index in [4.69, 9.17) is 10.5 Å². The van der Waals surface area contributed by atoms with Crippen LogP contribution in [0.3, 0.4) is 0 Å². The van der Waals surface area contributed by atoms with Crippen molar-refractivity contribution in [2.75, 3.05) is 23.7 Å². The molecule has 7 heteroatoms. The smallest absolute Gasteiger partial charge is 0.328 e. The number of benzene rings is 1. The average Bonchev–Trinajstić information content (AvgIpc) is 2.50. The molecule has 1 aliphatic heterocycles. The van der Waals surface area contributed by atoms with Crippen LogP contribution >= 0.6 is 22.6 Å². The number of rotatable bonds is 3. The normalized spacial score (nSPS) is 15.0. The first-order chi connectivity index (χ1) is 10.2. The van der Waals surface area contributed by atoms with Crippen molar-refractivity contribution in [2.45, 2.75) is 19.3 Å². The van der Waals surface area contributed by atoms with Crippen molar-refractivity contribution in [3.05, 3.63) is 27.8 Å². The molecule has 0 aliphatic carbocycles. The molecule has 2 N–H and O–H groups in total. The maximum Gasteiger partial charge on any atom is 0.328 e. The van der Waals surface area contributed by atoms with Gasteiger partial charge in [0.15, 0.2) is 0 Å². The molecule has 1 aromatic heterocycles. The van der Waals surface area contributed by atoms with Gasteiger partial charge in [0.2, 0.25) is 11.9 Å². The number of halogens is 1. The van der Waals surface area contributed by atoms with Gasteiger partial charge in [-0.1, -0.05) is 0 Å². The lowest BCUT2D eigenvalue weighted by Gasteiger charge is -2.26. The van der Waals surface area contributed by atoms with Gasteiger partial charge >= 0.3 is 6.01 Å². The van der Waals surface area contributed by atoms with E-state index in [1.165, 1.54) is 6.42 Å². The fourth-order valence-electron chi connectivity index (χ4n) is 2.25. The van der Waals surface area contributed by atoms with Crippen LogP contribution in [-0.4, -0.2) is 28.0 Å². The molecule has 6 nitrogen and oxygen atoms in total. The van der Waals surface area contributed by atoms with Crippen LogP contribution in [0, 0.1) is 3.57 Å². The van der Waals surface area contributed by atoms with Crippen LogP contribution in [0.1, 0.15) is 19.3 Å². The Morgan fingerprint density at radius 2 is 1.71 bits per heavy atom. The molecule has 1 fully saturated rings. The number of ether oxygens (including phenoxy) is 1. The minimum absolute atomic E-state index is 0.186. The molecular weight excluding hydrogens is 381 g/mol. The van der Waals surface area contributed by atoms with Crippen molar-refractivity contribution in [1.82, 2.24) is 15.0 Å². The summed E-state index contributed by atoms with van der Waals surface area (Å²) in [6, 6.07) is 7.92. The van der Waals surface area contributed by atoms with E-state index >= 15 is 0 Å². The van der Waals surface area contributed by atoms with E-state index in [1.807, 2.05) is 24.3 Å². The largest absolute Gasteiger partial charge is 0.424 e. The molecule has 2 heterocycles. The van der Waals surface area contributed by atoms with Crippen LogP contribution in [0.5, 0.6) is 11.8 Å². The predicted molar refractivity (Wildman–Crippen MR) is 89.5 cm³/mol. The van der Waals surface area contributed by atoms with Crippen LogP contribution in [-0.2, 0) is 0 Å². The summed E-state index contributed by atoms with van der Waals surface area (Å²) in [7, 11) is 0. The number of anilines is 2. The summed E-state index contributed by atoms with van der Waals surface area (Å²) < 4.78 is 6.82. The Kier molecular flexibility index (Phi) is 4.37. The molecule has 0 bridgehead atoms. The highest BCUT2D eigenvalue weighted by Gasteiger charge is 2.16. The molecule has 0 spiro atoms. The predicted octanol–water partition coefficient (Wildman–Crippen LogP) is 2.84. The summed E-state index contributed by atoms with van der Waals surface area (Å²) in [5, 5.41) is 0. The first kappa shape index (κ1) is 14.3. The summed E-state index contributed by atoms with van der Waals surface area (Å²) in [5.41, 5.74) is 5.77. The van der Waals surface area contributed by atoms with Gasteiger partial charge in [0.05, 0.1) is 0 Å². The van der Waals surface area contributed by atoms with Gasteiger partial charge in [-0.3, -0.25) is 0 Å². The average molecular weight is 397 g/mol. The Morgan fingerprint density at radius 3 is 2.43 bits per heavy atom. The van der Waals surface area contributed by atoms with Crippen LogP contribution < -0.4 is 15.4 Å². The Morgan fingerprint density at radius 1 is 1.00 bits per heavy atom. The summed E-state index contributed by atoms with van der Waals surface area (Å²) >= 11 is 2.24. The van der Waals surface area contributed by atoms with Gasteiger partial charge in [0, 0.05) is 16.7 Å². The van der Waals surface area contributed by atoms with Crippen molar-refractivity contribution < 1.29 is 4.74 Å². The zero-order valence-electron chi connectivity index (χ0n) is 11.5. The molecule has 21 heavy (non-hydrogen) atoms. The maximum absolute atomic E-state index is 5.77. The number of nitrogen functional groups attached to an aromatic ring is 1. The Hall–Kier alpha value is -1.64. The molecule has 1 aromatic carbocycles. The Labute approximate surface area is 136 Å². The second-order valence-corrected chi connectivity index (χ2v) is 6.13. The second kappa shape index (κ2) is 6.42. The molecule has 0 atom stereocenters. The van der Waals surface area contributed by atoms with E-state index in [1.54, 1.807) is 0 Å². The van der Waals surface area contributed by atoms with Crippen LogP contribution in [0.2, 0.25) is 0 Å². The second-order valence-electron chi connectivity index (χ2n) is 4.88. The van der Waals surface area contributed by atoms with Crippen molar-refractivity contribution in [2.24, 2.45) is 0 Å². The van der Waals surface area contributed by atoms with Crippen molar-refractivity contribution in [1.29, 1.82) is 0 Å². The molecule has 1 aliphatic rings. The standard InChI is InChI=1S/C14H16IN5O/c15-10-4-6-11(7-5-10)21-14-18-12(16)17-13(19-14)20-8-2-1-3-9-20/h4-7H,1-3,8-9H2,(H2,16,17,18,19). The summed E-state index contributed by atoms with van der Waals surface area (Å²) in [5.74, 6) is 1.47. The fourth-order valence-corrected chi connectivity index (χ4v) is 2.61. The van der Waals surface area contributed by atoms with E-state index in [2.05, 4.69) is 42.4 Å². The van der Waals surface area contributed by atoms with Gasteiger partial charge in [0.25, 0.3) is 0 Å². The lowest BCUT2D eigenvalue weighted by atomic mass is 10.1. The maximum atomic E-state index is 5.77. The Bertz CT molecular complexity index is 613. The quantitative estimate of drug-likeness (QED) is 0.803. The van der Waals surface area contributed by atoms with Crippen molar-refractivity contribution in [3.8, 4) is 11.8 Å². The highest BCUT2D eigenvalue weighted by atomic mass is 127. The molecule has 3 rings (SSSR count). The SMILES string of the molecule is Nc1nc(Oc2ccc(I)cc2)nc(N2CCCCC2)n1. The molecule has 1 saturated heterocycles. The third kappa shape index (κ3) is 3.72. The molecule has 0 saturated carbocycles. The molecule has 0 amide bonds. The van der Waals surface area contributed by atoms with Crippen LogP contribution in [0.25, 0.3) is 0 Å².